The molecule has 0 aliphatic carbocycles. The van der Waals surface area contributed by atoms with Crippen LogP contribution in [0, 0.1) is 6.92 Å². The van der Waals surface area contributed by atoms with Gasteiger partial charge in [0, 0.05) is 31.4 Å². The van der Waals surface area contributed by atoms with E-state index < -0.39 is 0 Å². The molecule has 0 unspecified atom stereocenters. The molecule has 1 N–H and O–H groups in total. The zero-order valence-corrected chi connectivity index (χ0v) is 11.5. The van der Waals surface area contributed by atoms with Crippen LogP contribution in [-0.4, -0.2) is 29.6 Å². The maximum Gasteiger partial charge on any atom is 0.136 e. The molecule has 0 saturated carbocycles. The van der Waals surface area contributed by atoms with E-state index in [1.165, 1.54) is 5.56 Å². The van der Waals surface area contributed by atoms with Crippen molar-refractivity contribution in [3.63, 3.8) is 0 Å². The molecule has 1 rings (SSSR count). The lowest BCUT2D eigenvalue weighted by atomic mass is 10.2. The van der Waals surface area contributed by atoms with Gasteiger partial charge < -0.3 is 10.2 Å². The Kier molecular flexibility index (Phi) is 5.91. The second kappa shape index (κ2) is 7.22. The minimum atomic E-state index is 0.839. The molecule has 0 fully saturated rings. The van der Waals surface area contributed by atoms with Crippen LogP contribution in [0.15, 0.2) is 6.20 Å². The van der Waals surface area contributed by atoms with Crippen molar-refractivity contribution in [2.24, 2.45) is 0 Å². The smallest absolute Gasteiger partial charge is 0.136 e. The number of rotatable bonds is 7. The topological polar surface area (TPSA) is 41.1 Å². The van der Waals surface area contributed by atoms with Crippen molar-refractivity contribution in [1.29, 1.82) is 0 Å². The summed E-state index contributed by atoms with van der Waals surface area (Å²) < 4.78 is 0. The Bertz CT molecular complexity index is 334. The van der Waals surface area contributed by atoms with Crippen molar-refractivity contribution in [3.8, 4) is 0 Å². The fourth-order valence-electron chi connectivity index (χ4n) is 1.80. The molecule has 0 radical (unpaired) electrons. The molecule has 0 saturated heterocycles. The van der Waals surface area contributed by atoms with E-state index >= 15 is 0 Å². The van der Waals surface area contributed by atoms with Gasteiger partial charge in [-0.3, -0.25) is 0 Å². The monoisotopic (exact) mass is 236 g/mol. The first-order valence-electron chi connectivity index (χ1n) is 6.51. The Balaban J connectivity index is 2.86. The van der Waals surface area contributed by atoms with E-state index in [1.54, 1.807) is 0 Å². The maximum absolute atomic E-state index is 4.57. The van der Waals surface area contributed by atoms with Crippen LogP contribution in [0.25, 0.3) is 0 Å². The maximum atomic E-state index is 4.57. The lowest BCUT2D eigenvalue weighted by Gasteiger charge is -2.23. The van der Waals surface area contributed by atoms with Gasteiger partial charge in [-0.15, -0.1) is 0 Å². The van der Waals surface area contributed by atoms with E-state index in [1.807, 2.05) is 13.1 Å². The molecule has 0 aliphatic rings. The van der Waals surface area contributed by atoms with Crippen LogP contribution in [0.1, 0.15) is 38.6 Å². The number of hydrogen-bond acceptors (Lipinski definition) is 4. The van der Waals surface area contributed by atoms with E-state index in [9.17, 15) is 0 Å². The highest BCUT2D eigenvalue weighted by molar-refractivity contribution is 5.45. The van der Waals surface area contributed by atoms with E-state index in [-0.39, 0.29) is 0 Å². The highest BCUT2D eigenvalue weighted by atomic mass is 15.2. The molecule has 1 heterocycles. The minimum Gasteiger partial charge on any atom is -0.357 e. The molecule has 1 aromatic rings. The van der Waals surface area contributed by atoms with Gasteiger partial charge >= 0.3 is 0 Å². The zero-order chi connectivity index (χ0) is 12.7. The number of anilines is 1. The van der Waals surface area contributed by atoms with Crippen LogP contribution < -0.4 is 10.2 Å². The van der Waals surface area contributed by atoms with Gasteiger partial charge in [0.15, 0.2) is 0 Å². The van der Waals surface area contributed by atoms with Crippen LogP contribution in [-0.2, 0) is 6.54 Å². The Morgan fingerprint density at radius 1 is 1.24 bits per heavy atom. The predicted molar refractivity (Wildman–Crippen MR) is 72.3 cm³/mol. The van der Waals surface area contributed by atoms with E-state index in [4.69, 9.17) is 0 Å². The molecule has 96 valence electrons. The molecule has 4 nitrogen and oxygen atoms in total. The minimum absolute atomic E-state index is 0.839. The van der Waals surface area contributed by atoms with Crippen LogP contribution in [0.3, 0.4) is 0 Å². The molecule has 0 spiro atoms. The first-order chi connectivity index (χ1) is 8.22. The molecule has 4 heteroatoms. The molecule has 0 bridgehead atoms. The standard InChI is InChI=1S/C13H24N4/c1-5-8-14-9-12-10-15-11(4)16-13(12)17(6-2)7-3/h10,14H,5-9H2,1-4H3. The number of nitrogens with one attached hydrogen (secondary N) is 1. The summed E-state index contributed by atoms with van der Waals surface area (Å²) in [6, 6.07) is 0. The fourth-order valence-corrected chi connectivity index (χ4v) is 1.80. The van der Waals surface area contributed by atoms with Gasteiger partial charge in [0.05, 0.1) is 0 Å². The quantitative estimate of drug-likeness (QED) is 0.736. The lowest BCUT2D eigenvalue weighted by molar-refractivity contribution is 0.667. The summed E-state index contributed by atoms with van der Waals surface area (Å²) in [7, 11) is 0. The average Bonchev–Trinajstić information content (AvgIpc) is 2.33. The number of hydrogen-bond donors (Lipinski definition) is 1. The third-order valence-electron chi connectivity index (χ3n) is 2.77. The first kappa shape index (κ1) is 13.9. The summed E-state index contributed by atoms with van der Waals surface area (Å²) in [4.78, 5) is 11.1. The second-order valence-electron chi connectivity index (χ2n) is 4.12. The fraction of sp³-hybridized carbons (Fsp3) is 0.692. The Morgan fingerprint density at radius 2 is 1.94 bits per heavy atom. The van der Waals surface area contributed by atoms with Crippen LogP contribution in [0.4, 0.5) is 5.82 Å². The number of nitrogens with zero attached hydrogens (tertiary/aromatic N) is 3. The van der Waals surface area contributed by atoms with Crippen molar-refractivity contribution in [2.45, 2.75) is 40.7 Å². The summed E-state index contributed by atoms with van der Waals surface area (Å²) in [6.07, 6.45) is 3.09. The highest BCUT2D eigenvalue weighted by Gasteiger charge is 2.10. The molecule has 17 heavy (non-hydrogen) atoms. The first-order valence-corrected chi connectivity index (χ1v) is 6.51. The third kappa shape index (κ3) is 3.97. The van der Waals surface area contributed by atoms with Crippen molar-refractivity contribution < 1.29 is 0 Å². The second-order valence-corrected chi connectivity index (χ2v) is 4.12. The van der Waals surface area contributed by atoms with Gasteiger partial charge in [-0.1, -0.05) is 6.92 Å². The van der Waals surface area contributed by atoms with E-state index in [0.29, 0.717) is 0 Å². The molecular weight excluding hydrogens is 212 g/mol. The zero-order valence-electron chi connectivity index (χ0n) is 11.5. The SMILES string of the molecule is CCCNCc1cnc(C)nc1N(CC)CC. The predicted octanol–water partition coefficient (Wildman–Crippen LogP) is 2.13. The van der Waals surface area contributed by atoms with Crippen LogP contribution >= 0.6 is 0 Å². The summed E-state index contributed by atoms with van der Waals surface area (Å²) in [5.74, 6) is 1.91. The van der Waals surface area contributed by atoms with Crippen molar-refractivity contribution >= 4 is 5.82 Å². The summed E-state index contributed by atoms with van der Waals surface area (Å²) in [6.45, 7) is 12.3. The average molecular weight is 236 g/mol. The molecule has 0 atom stereocenters. The summed E-state index contributed by atoms with van der Waals surface area (Å²) in [5.41, 5.74) is 1.19. The summed E-state index contributed by atoms with van der Waals surface area (Å²) in [5, 5.41) is 3.41. The number of aromatic nitrogens is 2. The normalized spacial score (nSPS) is 10.6. The highest BCUT2D eigenvalue weighted by Crippen LogP contribution is 2.16. The van der Waals surface area contributed by atoms with Crippen molar-refractivity contribution in [2.75, 3.05) is 24.5 Å². The molecule has 1 aromatic heterocycles. The van der Waals surface area contributed by atoms with Crippen molar-refractivity contribution in [1.82, 2.24) is 15.3 Å². The lowest BCUT2D eigenvalue weighted by Crippen LogP contribution is -2.26. The Hall–Kier alpha value is -1.16. The van der Waals surface area contributed by atoms with Gasteiger partial charge in [0.2, 0.25) is 0 Å². The van der Waals surface area contributed by atoms with Crippen LogP contribution in [0.5, 0.6) is 0 Å². The van der Waals surface area contributed by atoms with Gasteiger partial charge in [-0.2, -0.15) is 0 Å². The van der Waals surface area contributed by atoms with E-state index in [2.05, 4.69) is 41.0 Å². The number of aryl methyl sites for hydroxylation is 1. The summed E-state index contributed by atoms with van der Waals surface area (Å²) >= 11 is 0. The van der Waals surface area contributed by atoms with Gasteiger partial charge in [-0.25, -0.2) is 9.97 Å². The third-order valence-corrected chi connectivity index (χ3v) is 2.77. The molecule has 0 aromatic carbocycles. The van der Waals surface area contributed by atoms with Gasteiger partial charge in [0.1, 0.15) is 11.6 Å². The van der Waals surface area contributed by atoms with Crippen molar-refractivity contribution in [3.05, 3.63) is 17.6 Å². The van der Waals surface area contributed by atoms with Gasteiger partial charge in [-0.05, 0) is 33.7 Å². The molecule has 0 amide bonds. The van der Waals surface area contributed by atoms with Gasteiger partial charge in [0.25, 0.3) is 0 Å². The molecule has 0 aliphatic heterocycles. The largest absolute Gasteiger partial charge is 0.357 e. The molecular formula is C13H24N4. The van der Waals surface area contributed by atoms with Crippen LogP contribution in [0.2, 0.25) is 0 Å². The Labute approximate surface area is 104 Å². The van der Waals surface area contributed by atoms with E-state index in [0.717, 1.165) is 44.2 Å². The Morgan fingerprint density at radius 3 is 2.53 bits per heavy atom.